The molecule has 2 heterocycles. The molecule has 1 aromatic carbocycles. The van der Waals surface area contributed by atoms with Gasteiger partial charge in [0.15, 0.2) is 4.34 Å². The average Bonchev–Trinajstić information content (AvgIpc) is 3.28. The first-order valence-corrected chi connectivity index (χ1v) is 11.9. The molecule has 14 heteroatoms. The van der Waals surface area contributed by atoms with E-state index in [-0.39, 0.29) is 21.7 Å². The van der Waals surface area contributed by atoms with Crippen molar-refractivity contribution in [3.8, 4) is 0 Å². The third-order valence-electron chi connectivity index (χ3n) is 3.19. The number of aryl methyl sites for hydroxylation is 1. The molecule has 0 aliphatic rings. The Balaban J connectivity index is 1.58. The normalized spacial score (nSPS) is 11.3. The van der Waals surface area contributed by atoms with Crippen molar-refractivity contribution in [1.29, 1.82) is 0 Å². The fourth-order valence-corrected chi connectivity index (χ4v) is 5.28. The molecule has 3 rings (SSSR count). The number of nitrogens with one attached hydrogen (secondary N) is 2. The van der Waals surface area contributed by atoms with Crippen molar-refractivity contribution < 1.29 is 13.2 Å². The third-order valence-corrected chi connectivity index (χ3v) is 7.54. The molecule has 3 aromatic rings. The van der Waals surface area contributed by atoms with E-state index in [4.69, 9.17) is 5.73 Å². The highest BCUT2D eigenvalue weighted by Crippen LogP contribution is 2.24. The molecule has 10 nitrogen and oxygen atoms in total. The lowest BCUT2D eigenvalue weighted by atomic mass is 10.3. The minimum absolute atomic E-state index is 0.0532. The van der Waals surface area contributed by atoms with E-state index in [1.165, 1.54) is 58.7 Å². The van der Waals surface area contributed by atoms with E-state index in [1.807, 2.05) is 6.92 Å². The molecule has 2 aromatic heterocycles. The number of nitrogens with two attached hydrogens (primary N) is 1. The van der Waals surface area contributed by atoms with Crippen LogP contribution >= 0.6 is 34.4 Å². The van der Waals surface area contributed by atoms with E-state index in [1.54, 1.807) is 0 Å². The summed E-state index contributed by atoms with van der Waals surface area (Å²) in [6, 6.07) is 5.83. The number of rotatable bonds is 8. The SMILES string of the molecule is CCc1nnc(NS(=O)(=O)c2ccc(NC(=O)CSc3nnc(N)s3)cc2)s1. The number of sulfonamides is 1. The number of nitrogens with zero attached hydrogens (tertiary/aromatic N) is 4. The molecular weight excluding hydrogens is 442 g/mol. The Morgan fingerprint density at radius 1 is 1.14 bits per heavy atom. The van der Waals surface area contributed by atoms with Crippen LogP contribution in [0.4, 0.5) is 16.0 Å². The number of amides is 1. The van der Waals surface area contributed by atoms with Crippen molar-refractivity contribution in [3.63, 3.8) is 0 Å². The number of nitrogen functional groups attached to an aromatic ring is 1. The molecule has 0 radical (unpaired) electrons. The number of thioether (sulfide) groups is 1. The number of hydrogen-bond acceptors (Lipinski definition) is 11. The first-order valence-electron chi connectivity index (χ1n) is 7.82. The highest BCUT2D eigenvalue weighted by molar-refractivity contribution is 8.01. The van der Waals surface area contributed by atoms with E-state index in [2.05, 4.69) is 30.4 Å². The van der Waals surface area contributed by atoms with Crippen LogP contribution in [0.1, 0.15) is 11.9 Å². The molecule has 0 spiro atoms. The van der Waals surface area contributed by atoms with Gasteiger partial charge >= 0.3 is 0 Å². The summed E-state index contributed by atoms with van der Waals surface area (Å²) < 4.78 is 27.8. The van der Waals surface area contributed by atoms with Gasteiger partial charge in [0.1, 0.15) is 5.01 Å². The molecule has 1 amide bonds. The van der Waals surface area contributed by atoms with Crippen LogP contribution in [0.5, 0.6) is 0 Å². The van der Waals surface area contributed by atoms with E-state index in [0.717, 1.165) is 5.01 Å². The van der Waals surface area contributed by atoms with Gasteiger partial charge in [0.05, 0.1) is 10.6 Å². The summed E-state index contributed by atoms with van der Waals surface area (Å²) in [6.45, 7) is 1.91. The van der Waals surface area contributed by atoms with Gasteiger partial charge in [-0.1, -0.05) is 41.4 Å². The summed E-state index contributed by atoms with van der Waals surface area (Å²) in [7, 11) is -3.78. The quantitative estimate of drug-likeness (QED) is 0.431. The molecule has 0 aliphatic heterocycles. The number of anilines is 3. The first kappa shape index (κ1) is 20.4. The van der Waals surface area contributed by atoms with Crippen molar-refractivity contribution >= 4 is 66.3 Å². The average molecular weight is 458 g/mol. The second kappa shape index (κ2) is 8.81. The maximum absolute atomic E-state index is 12.4. The van der Waals surface area contributed by atoms with Crippen LogP contribution in [-0.4, -0.2) is 40.5 Å². The van der Waals surface area contributed by atoms with Crippen LogP contribution in [0.3, 0.4) is 0 Å². The summed E-state index contributed by atoms with van der Waals surface area (Å²) in [5.41, 5.74) is 5.96. The van der Waals surface area contributed by atoms with Crippen molar-refractivity contribution in [2.75, 3.05) is 21.5 Å². The Hall–Kier alpha value is -2.29. The number of carbonyl (C=O) groups excluding carboxylic acids is 1. The molecule has 0 fully saturated rings. The number of aromatic nitrogens is 4. The van der Waals surface area contributed by atoms with Gasteiger partial charge in [-0.05, 0) is 30.7 Å². The second-order valence-electron chi connectivity index (χ2n) is 5.23. The number of carbonyl (C=O) groups is 1. The second-order valence-corrected chi connectivity index (χ2v) is 10.2. The van der Waals surface area contributed by atoms with E-state index in [9.17, 15) is 13.2 Å². The molecule has 0 bridgehead atoms. The summed E-state index contributed by atoms with van der Waals surface area (Å²) in [5, 5.41) is 19.2. The van der Waals surface area contributed by atoms with Crippen LogP contribution in [0.25, 0.3) is 0 Å². The van der Waals surface area contributed by atoms with Gasteiger partial charge in [-0.2, -0.15) is 0 Å². The highest BCUT2D eigenvalue weighted by atomic mass is 32.2. The molecule has 148 valence electrons. The smallest absolute Gasteiger partial charge is 0.263 e. The fourth-order valence-electron chi connectivity index (χ4n) is 1.93. The topological polar surface area (TPSA) is 153 Å². The molecule has 0 aliphatic carbocycles. The molecule has 28 heavy (non-hydrogen) atoms. The van der Waals surface area contributed by atoms with Crippen LogP contribution in [0.2, 0.25) is 0 Å². The molecule has 4 N–H and O–H groups in total. The predicted octanol–water partition coefficient (Wildman–Crippen LogP) is 2.07. The lowest BCUT2D eigenvalue weighted by Crippen LogP contribution is -2.15. The number of benzene rings is 1. The zero-order valence-corrected chi connectivity index (χ0v) is 17.7. The molecule has 0 unspecified atom stereocenters. The van der Waals surface area contributed by atoms with Crippen molar-refractivity contribution in [2.24, 2.45) is 0 Å². The fraction of sp³-hybridized carbons (Fsp3) is 0.214. The molecular formula is C14H15N7O3S4. The van der Waals surface area contributed by atoms with Gasteiger partial charge in [0.2, 0.25) is 16.2 Å². The van der Waals surface area contributed by atoms with Crippen LogP contribution in [0.15, 0.2) is 33.5 Å². The standard InChI is InChI=1S/C14H15N7O3S4/c1-2-11-17-19-13(26-11)21-28(23,24)9-5-3-8(4-6-9)16-10(22)7-25-14-20-18-12(15)27-14/h3-6H,2,7H2,1H3,(H2,15,18)(H,16,22)(H,19,21). The molecule has 0 saturated heterocycles. The lowest BCUT2D eigenvalue weighted by molar-refractivity contribution is -0.113. The van der Waals surface area contributed by atoms with Gasteiger partial charge in [-0.3, -0.25) is 9.52 Å². The van der Waals surface area contributed by atoms with Crippen LogP contribution < -0.4 is 15.8 Å². The Morgan fingerprint density at radius 3 is 2.50 bits per heavy atom. The predicted molar refractivity (Wildman–Crippen MR) is 110 cm³/mol. The van der Waals surface area contributed by atoms with E-state index in [0.29, 0.717) is 21.6 Å². The maximum Gasteiger partial charge on any atom is 0.263 e. The highest BCUT2D eigenvalue weighted by Gasteiger charge is 2.17. The van der Waals surface area contributed by atoms with E-state index >= 15 is 0 Å². The van der Waals surface area contributed by atoms with Crippen molar-refractivity contribution in [1.82, 2.24) is 20.4 Å². The van der Waals surface area contributed by atoms with Crippen LogP contribution in [0, 0.1) is 0 Å². The summed E-state index contributed by atoms with van der Waals surface area (Å²) in [5.74, 6) is -0.124. The summed E-state index contributed by atoms with van der Waals surface area (Å²) in [6.07, 6.45) is 0.679. The first-order chi connectivity index (χ1) is 13.4. The monoisotopic (exact) mass is 457 g/mol. The van der Waals surface area contributed by atoms with Gasteiger partial charge in [0.25, 0.3) is 10.0 Å². The van der Waals surface area contributed by atoms with Gasteiger partial charge in [-0.25, -0.2) is 8.42 Å². The van der Waals surface area contributed by atoms with Gasteiger partial charge in [-0.15, -0.1) is 20.4 Å². The molecule has 0 saturated carbocycles. The Labute approximate surface area is 173 Å². The van der Waals surface area contributed by atoms with Gasteiger partial charge in [0, 0.05) is 5.69 Å². The van der Waals surface area contributed by atoms with Crippen LogP contribution in [-0.2, 0) is 21.2 Å². The van der Waals surface area contributed by atoms with Gasteiger partial charge < -0.3 is 11.1 Å². The largest absolute Gasteiger partial charge is 0.374 e. The Kier molecular flexibility index (Phi) is 6.43. The summed E-state index contributed by atoms with van der Waals surface area (Å²) >= 11 is 3.60. The lowest BCUT2D eigenvalue weighted by Gasteiger charge is -2.07. The summed E-state index contributed by atoms with van der Waals surface area (Å²) in [4.78, 5) is 12.0. The molecule has 0 atom stereocenters. The minimum Gasteiger partial charge on any atom is -0.374 e. The number of hydrogen-bond donors (Lipinski definition) is 3. The van der Waals surface area contributed by atoms with Crippen molar-refractivity contribution in [3.05, 3.63) is 29.3 Å². The third kappa shape index (κ3) is 5.37. The van der Waals surface area contributed by atoms with E-state index < -0.39 is 10.0 Å². The maximum atomic E-state index is 12.4. The zero-order valence-electron chi connectivity index (χ0n) is 14.4. The Bertz CT molecular complexity index is 1060. The Morgan fingerprint density at radius 2 is 1.89 bits per heavy atom. The van der Waals surface area contributed by atoms with Crippen molar-refractivity contribution in [2.45, 2.75) is 22.6 Å². The zero-order chi connectivity index (χ0) is 20.1. The minimum atomic E-state index is -3.78.